The normalized spacial score (nSPS) is 22.2. The van der Waals surface area contributed by atoms with Crippen molar-refractivity contribution in [2.24, 2.45) is 0 Å². The fourth-order valence-electron chi connectivity index (χ4n) is 4.05. The Balaban J connectivity index is 1.76. The first kappa shape index (κ1) is 24.2. The molecule has 0 saturated heterocycles. The van der Waals surface area contributed by atoms with Crippen molar-refractivity contribution in [3.63, 3.8) is 0 Å². The van der Waals surface area contributed by atoms with Crippen LogP contribution in [-0.2, 0) is 20.9 Å². The SMILES string of the molecule is CC1=CCCC(C)=C1NC(=O)C(O)[C@@H]1CCCCOCCOCc2ccccc2C(=O)N1. The molecule has 7 heteroatoms. The molecule has 1 heterocycles. The number of carbonyl (C=O) groups excluding carboxylic acids is 2. The second-order valence-corrected chi connectivity index (χ2v) is 8.41. The van der Waals surface area contributed by atoms with Crippen LogP contribution in [0.1, 0.15) is 61.9 Å². The standard InChI is InChI=1S/C25H34N2O5/c1-17-8-7-9-18(2)22(17)27-25(30)23(28)21-12-5-6-13-31-14-15-32-16-19-10-3-4-11-20(19)24(29)26-21/h3-4,8,10-11,21,23,28H,5-7,9,12-16H2,1-2H3,(H,26,29)(H,27,30)/t21-,23?/m0/s1. The molecule has 3 N–H and O–H groups in total. The van der Waals surface area contributed by atoms with Crippen LogP contribution in [0.5, 0.6) is 0 Å². The number of aliphatic hydroxyl groups excluding tert-OH is 1. The summed E-state index contributed by atoms with van der Waals surface area (Å²) in [5.74, 6) is -0.827. The zero-order chi connectivity index (χ0) is 22.9. The molecule has 1 aromatic carbocycles. The molecule has 174 valence electrons. The number of rotatable bonds is 3. The van der Waals surface area contributed by atoms with Crippen molar-refractivity contribution in [1.29, 1.82) is 0 Å². The van der Waals surface area contributed by atoms with Crippen molar-refractivity contribution < 1.29 is 24.2 Å². The summed E-state index contributed by atoms with van der Waals surface area (Å²) in [7, 11) is 0. The van der Waals surface area contributed by atoms with Crippen LogP contribution < -0.4 is 10.6 Å². The van der Waals surface area contributed by atoms with E-state index < -0.39 is 18.1 Å². The zero-order valence-electron chi connectivity index (χ0n) is 19.0. The maximum absolute atomic E-state index is 13.1. The quantitative estimate of drug-likeness (QED) is 0.669. The summed E-state index contributed by atoms with van der Waals surface area (Å²) in [5, 5.41) is 16.7. The number of hydrogen-bond acceptors (Lipinski definition) is 5. The van der Waals surface area contributed by atoms with E-state index in [1.165, 1.54) is 0 Å². The summed E-state index contributed by atoms with van der Waals surface area (Å²) < 4.78 is 11.2. The molecule has 1 aliphatic heterocycles. The Hall–Kier alpha value is -2.48. The van der Waals surface area contributed by atoms with Gasteiger partial charge in [-0.25, -0.2) is 0 Å². The average molecular weight is 443 g/mol. The Labute approximate surface area is 189 Å². The first-order chi connectivity index (χ1) is 15.5. The van der Waals surface area contributed by atoms with E-state index in [-0.39, 0.29) is 5.91 Å². The van der Waals surface area contributed by atoms with Gasteiger partial charge in [0.1, 0.15) is 0 Å². The summed E-state index contributed by atoms with van der Waals surface area (Å²) in [6.45, 7) is 5.75. The second-order valence-electron chi connectivity index (χ2n) is 8.41. The van der Waals surface area contributed by atoms with Crippen LogP contribution >= 0.6 is 0 Å². The molecule has 0 spiro atoms. The highest BCUT2D eigenvalue weighted by Crippen LogP contribution is 2.23. The molecule has 0 aromatic heterocycles. The van der Waals surface area contributed by atoms with Gasteiger partial charge >= 0.3 is 0 Å². The van der Waals surface area contributed by atoms with Crippen molar-refractivity contribution in [3.05, 3.63) is 58.3 Å². The third-order valence-electron chi connectivity index (χ3n) is 5.95. The van der Waals surface area contributed by atoms with Crippen LogP contribution in [0.15, 0.2) is 47.2 Å². The molecule has 0 fully saturated rings. The molecule has 2 aliphatic rings. The first-order valence-corrected chi connectivity index (χ1v) is 11.4. The van der Waals surface area contributed by atoms with E-state index in [4.69, 9.17) is 9.47 Å². The Morgan fingerprint density at radius 2 is 1.94 bits per heavy atom. The number of ether oxygens (including phenoxy) is 2. The Kier molecular flexibility index (Phi) is 9.02. The van der Waals surface area contributed by atoms with Gasteiger partial charge in [-0.1, -0.05) is 24.3 Å². The van der Waals surface area contributed by atoms with Crippen LogP contribution in [0.4, 0.5) is 0 Å². The summed E-state index contributed by atoms with van der Waals surface area (Å²) in [4.78, 5) is 26.0. The van der Waals surface area contributed by atoms with E-state index in [9.17, 15) is 14.7 Å². The van der Waals surface area contributed by atoms with Crippen molar-refractivity contribution in [3.8, 4) is 0 Å². The Morgan fingerprint density at radius 1 is 1.16 bits per heavy atom. The number of carbonyl (C=O) groups is 2. The predicted molar refractivity (Wildman–Crippen MR) is 122 cm³/mol. The van der Waals surface area contributed by atoms with Gasteiger partial charge in [-0.2, -0.15) is 0 Å². The molecule has 1 aromatic rings. The summed E-state index contributed by atoms with van der Waals surface area (Å²) in [6.07, 6.45) is 4.48. The molecular formula is C25H34N2O5. The molecule has 7 nitrogen and oxygen atoms in total. The number of amides is 2. The van der Waals surface area contributed by atoms with Gasteiger partial charge in [0.15, 0.2) is 6.10 Å². The third kappa shape index (κ3) is 6.51. The maximum atomic E-state index is 13.1. The van der Waals surface area contributed by atoms with Gasteiger partial charge < -0.3 is 25.2 Å². The number of benzene rings is 1. The molecule has 1 aliphatic carbocycles. The van der Waals surface area contributed by atoms with E-state index in [1.54, 1.807) is 12.1 Å². The molecule has 3 rings (SSSR count). The molecule has 0 saturated carbocycles. The van der Waals surface area contributed by atoms with E-state index in [0.29, 0.717) is 44.8 Å². The minimum atomic E-state index is -1.37. The Morgan fingerprint density at radius 3 is 2.75 bits per heavy atom. The van der Waals surface area contributed by atoms with Gasteiger partial charge in [0.05, 0.1) is 25.9 Å². The van der Waals surface area contributed by atoms with Gasteiger partial charge in [0.25, 0.3) is 11.8 Å². The van der Waals surface area contributed by atoms with Crippen LogP contribution in [-0.4, -0.2) is 48.9 Å². The summed E-state index contributed by atoms with van der Waals surface area (Å²) in [5.41, 5.74) is 4.08. The van der Waals surface area contributed by atoms with E-state index in [1.807, 2.05) is 26.0 Å². The van der Waals surface area contributed by atoms with Crippen LogP contribution in [0, 0.1) is 0 Å². The number of hydrogen-bond donors (Lipinski definition) is 3. The second kappa shape index (κ2) is 11.9. The smallest absolute Gasteiger partial charge is 0.255 e. The number of aliphatic hydroxyl groups is 1. The first-order valence-electron chi connectivity index (χ1n) is 11.4. The monoisotopic (exact) mass is 442 g/mol. The lowest BCUT2D eigenvalue weighted by Crippen LogP contribution is -2.50. The Bertz CT molecular complexity index is 877. The number of fused-ring (bicyclic) bond motifs is 1. The fourth-order valence-corrected chi connectivity index (χ4v) is 4.05. The summed E-state index contributed by atoms with van der Waals surface area (Å²) >= 11 is 0. The predicted octanol–water partition coefficient (Wildman–Crippen LogP) is 2.99. The fraction of sp³-hybridized carbons (Fsp3) is 0.520. The van der Waals surface area contributed by atoms with Crippen LogP contribution in [0.3, 0.4) is 0 Å². The summed E-state index contributed by atoms with van der Waals surface area (Å²) in [6, 6.07) is 6.49. The van der Waals surface area contributed by atoms with E-state index in [2.05, 4.69) is 16.7 Å². The van der Waals surface area contributed by atoms with Gasteiger partial charge in [-0.05, 0) is 68.7 Å². The van der Waals surface area contributed by atoms with Gasteiger partial charge in [-0.15, -0.1) is 0 Å². The molecular weight excluding hydrogens is 408 g/mol. The van der Waals surface area contributed by atoms with Crippen LogP contribution in [0.2, 0.25) is 0 Å². The van der Waals surface area contributed by atoms with Crippen LogP contribution in [0.25, 0.3) is 0 Å². The van der Waals surface area contributed by atoms with E-state index >= 15 is 0 Å². The zero-order valence-corrected chi connectivity index (χ0v) is 19.0. The van der Waals surface area contributed by atoms with Crippen molar-refractivity contribution in [2.75, 3.05) is 19.8 Å². The van der Waals surface area contributed by atoms with Crippen molar-refractivity contribution >= 4 is 11.8 Å². The lowest BCUT2D eigenvalue weighted by atomic mass is 9.97. The highest BCUT2D eigenvalue weighted by Gasteiger charge is 2.29. The van der Waals surface area contributed by atoms with E-state index in [0.717, 1.165) is 41.7 Å². The maximum Gasteiger partial charge on any atom is 0.255 e. The molecule has 0 radical (unpaired) electrons. The number of nitrogens with one attached hydrogen (secondary N) is 2. The molecule has 1 unspecified atom stereocenters. The van der Waals surface area contributed by atoms with Gasteiger partial charge in [-0.3, -0.25) is 9.59 Å². The highest BCUT2D eigenvalue weighted by atomic mass is 16.5. The molecule has 0 bridgehead atoms. The van der Waals surface area contributed by atoms with Crippen molar-refractivity contribution in [2.45, 2.75) is 64.7 Å². The molecule has 32 heavy (non-hydrogen) atoms. The third-order valence-corrected chi connectivity index (χ3v) is 5.95. The van der Waals surface area contributed by atoms with Gasteiger partial charge in [0.2, 0.25) is 0 Å². The minimum Gasteiger partial charge on any atom is -0.381 e. The lowest BCUT2D eigenvalue weighted by molar-refractivity contribution is -0.130. The van der Waals surface area contributed by atoms with Crippen molar-refractivity contribution in [1.82, 2.24) is 10.6 Å². The minimum absolute atomic E-state index is 0.291. The average Bonchev–Trinajstić information content (AvgIpc) is 2.78. The topological polar surface area (TPSA) is 96.9 Å². The largest absolute Gasteiger partial charge is 0.381 e. The highest BCUT2D eigenvalue weighted by molar-refractivity contribution is 5.96. The van der Waals surface area contributed by atoms with Gasteiger partial charge in [0, 0.05) is 17.9 Å². The molecule has 2 amide bonds. The molecule has 2 atom stereocenters. The number of allylic oxidation sites excluding steroid dienone is 3. The lowest BCUT2D eigenvalue weighted by Gasteiger charge is -2.26.